The second-order valence-corrected chi connectivity index (χ2v) is 9.71. The Balaban J connectivity index is 1.54. The van der Waals surface area contributed by atoms with E-state index < -0.39 is 17.6 Å². The lowest BCUT2D eigenvalue weighted by molar-refractivity contribution is -0.137. The van der Waals surface area contributed by atoms with Crippen LogP contribution in [-0.2, 0) is 28.7 Å². The van der Waals surface area contributed by atoms with Crippen molar-refractivity contribution in [1.29, 1.82) is 0 Å². The van der Waals surface area contributed by atoms with Crippen molar-refractivity contribution in [3.05, 3.63) is 107 Å². The molecule has 40 heavy (non-hydrogen) atoms. The molecule has 9 heteroatoms. The summed E-state index contributed by atoms with van der Waals surface area (Å²) in [6, 6.07) is 19.9. The summed E-state index contributed by atoms with van der Waals surface area (Å²) in [4.78, 5) is 33.2. The highest BCUT2D eigenvalue weighted by atomic mass is 19.4. The zero-order valence-electron chi connectivity index (χ0n) is 22.5. The number of hydrogen-bond acceptors (Lipinski definition) is 3. The average molecular weight is 552 g/mol. The van der Waals surface area contributed by atoms with Gasteiger partial charge in [0.25, 0.3) is 5.91 Å². The van der Waals surface area contributed by atoms with E-state index in [0.29, 0.717) is 19.5 Å². The van der Waals surface area contributed by atoms with Gasteiger partial charge in [0.05, 0.1) is 12.2 Å². The number of H-pyrrole nitrogens is 1. The monoisotopic (exact) mass is 551 g/mol. The van der Waals surface area contributed by atoms with Crippen molar-refractivity contribution in [2.45, 2.75) is 26.1 Å². The molecule has 2 amide bonds. The quantitative estimate of drug-likeness (QED) is 0.254. The van der Waals surface area contributed by atoms with Crippen LogP contribution in [0.25, 0.3) is 10.9 Å². The molecule has 0 aliphatic heterocycles. The molecular formula is C31H32F3N3O3. The first kappa shape index (κ1) is 28.9. The summed E-state index contributed by atoms with van der Waals surface area (Å²) >= 11 is 0. The van der Waals surface area contributed by atoms with Crippen LogP contribution in [0.1, 0.15) is 32.6 Å². The van der Waals surface area contributed by atoms with E-state index in [0.717, 1.165) is 51.9 Å². The Hall–Kier alpha value is -4.11. The predicted octanol–water partition coefficient (Wildman–Crippen LogP) is 5.86. The van der Waals surface area contributed by atoms with Crippen LogP contribution in [0.2, 0.25) is 0 Å². The number of nitrogens with one attached hydrogen (secondary N) is 1. The molecule has 1 N–H and O–H groups in total. The molecule has 4 rings (SSSR count). The van der Waals surface area contributed by atoms with Crippen molar-refractivity contribution in [3.8, 4) is 0 Å². The van der Waals surface area contributed by atoms with Crippen molar-refractivity contribution in [2.75, 3.05) is 33.4 Å². The van der Waals surface area contributed by atoms with Gasteiger partial charge in [-0.1, -0.05) is 48.0 Å². The number of ether oxygens (including phenoxy) is 1. The van der Waals surface area contributed by atoms with Gasteiger partial charge in [-0.25, -0.2) is 0 Å². The summed E-state index contributed by atoms with van der Waals surface area (Å²) in [6.45, 7) is 2.82. The normalized spacial score (nSPS) is 11.5. The number of amides is 2. The minimum atomic E-state index is -4.51. The van der Waals surface area contributed by atoms with E-state index in [1.54, 1.807) is 4.90 Å². The molecule has 0 aliphatic rings. The molecule has 0 spiro atoms. The SMILES string of the molecule is COCCN(CC(=O)N(CCc1c[nH]c2ccccc12)Cc1ccc(C)cc1)C(=O)c1ccc(C(F)(F)F)cc1. The third-order valence-corrected chi connectivity index (χ3v) is 6.81. The minimum absolute atomic E-state index is 0.0702. The lowest BCUT2D eigenvalue weighted by atomic mass is 10.1. The van der Waals surface area contributed by atoms with Crippen LogP contribution in [0.4, 0.5) is 13.2 Å². The molecule has 0 saturated heterocycles. The van der Waals surface area contributed by atoms with Gasteiger partial charge in [-0.2, -0.15) is 13.2 Å². The number of halogens is 3. The molecule has 0 fully saturated rings. The summed E-state index contributed by atoms with van der Waals surface area (Å²) in [5.74, 6) is -0.803. The summed E-state index contributed by atoms with van der Waals surface area (Å²) in [7, 11) is 1.48. The van der Waals surface area contributed by atoms with Gasteiger partial charge in [-0.05, 0) is 54.8 Å². The van der Waals surface area contributed by atoms with Crippen LogP contribution < -0.4 is 0 Å². The van der Waals surface area contributed by atoms with Crippen molar-refractivity contribution < 1.29 is 27.5 Å². The number of carbonyl (C=O) groups excluding carboxylic acids is 2. The van der Waals surface area contributed by atoms with E-state index in [1.807, 2.05) is 61.7 Å². The molecule has 210 valence electrons. The number of hydrogen-bond donors (Lipinski definition) is 1. The molecule has 0 saturated carbocycles. The fourth-order valence-electron chi connectivity index (χ4n) is 4.50. The highest BCUT2D eigenvalue weighted by Crippen LogP contribution is 2.29. The highest BCUT2D eigenvalue weighted by molar-refractivity contribution is 5.96. The fourth-order valence-corrected chi connectivity index (χ4v) is 4.50. The molecule has 6 nitrogen and oxygen atoms in total. The van der Waals surface area contributed by atoms with E-state index in [-0.39, 0.29) is 31.2 Å². The number of fused-ring (bicyclic) bond motifs is 1. The number of alkyl halides is 3. The maximum Gasteiger partial charge on any atom is 0.416 e. The lowest BCUT2D eigenvalue weighted by Gasteiger charge is -2.28. The van der Waals surface area contributed by atoms with Crippen LogP contribution >= 0.6 is 0 Å². The molecular weight excluding hydrogens is 519 g/mol. The van der Waals surface area contributed by atoms with E-state index in [2.05, 4.69) is 4.98 Å². The summed E-state index contributed by atoms with van der Waals surface area (Å²) in [5.41, 5.74) is 3.38. The zero-order chi connectivity index (χ0) is 28.7. The van der Waals surface area contributed by atoms with Gasteiger partial charge in [0, 0.05) is 49.4 Å². The molecule has 0 bridgehead atoms. The fraction of sp³-hybridized carbons (Fsp3) is 0.290. The van der Waals surface area contributed by atoms with Crippen molar-refractivity contribution in [2.24, 2.45) is 0 Å². The topological polar surface area (TPSA) is 65.6 Å². The van der Waals surface area contributed by atoms with Gasteiger partial charge in [-0.15, -0.1) is 0 Å². The van der Waals surface area contributed by atoms with Crippen LogP contribution in [0.5, 0.6) is 0 Å². The number of carbonyl (C=O) groups is 2. The van der Waals surface area contributed by atoms with Crippen LogP contribution in [0, 0.1) is 6.92 Å². The number of rotatable bonds is 11. The van der Waals surface area contributed by atoms with Crippen LogP contribution in [0.15, 0.2) is 79.0 Å². The number of nitrogens with zero attached hydrogens (tertiary/aromatic N) is 2. The Morgan fingerprint density at radius 2 is 1.60 bits per heavy atom. The van der Waals surface area contributed by atoms with Gasteiger partial charge in [0.2, 0.25) is 5.91 Å². The number of aryl methyl sites for hydroxylation is 1. The molecule has 0 unspecified atom stereocenters. The van der Waals surface area contributed by atoms with Gasteiger partial charge >= 0.3 is 6.18 Å². The zero-order valence-corrected chi connectivity index (χ0v) is 22.5. The second kappa shape index (κ2) is 12.8. The number of aromatic amines is 1. The predicted molar refractivity (Wildman–Crippen MR) is 148 cm³/mol. The Morgan fingerprint density at radius 3 is 2.27 bits per heavy atom. The van der Waals surface area contributed by atoms with E-state index in [1.165, 1.54) is 12.0 Å². The van der Waals surface area contributed by atoms with Gasteiger partial charge in [-0.3, -0.25) is 9.59 Å². The lowest BCUT2D eigenvalue weighted by Crippen LogP contribution is -2.44. The maximum atomic E-state index is 13.7. The van der Waals surface area contributed by atoms with Gasteiger partial charge < -0.3 is 19.5 Å². The Labute approximate surface area is 231 Å². The van der Waals surface area contributed by atoms with E-state index in [4.69, 9.17) is 4.74 Å². The standard InChI is InChI=1S/C31H32F3N3O3/c1-22-7-9-23(10-8-22)20-36(16-15-25-19-35-28-6-4-3-5-27(25)28)29(38)21-37(17-18-40-2)30(39)24-11-13-26(14-12-24)31(32,33)34/h3-14,19,35H,15-18,20-21H2,1-2H3. The summed E-state index contributed by atoms with van der Waals surface area (Å²) < 4.78 is 44.2. The highest BCUT2D eigenvalue weighted by Gasteiger charge is 2.31. The first-order chi connectivity index (χ1) is 19.2. The maximum absolute atomic E-state index is 13.7. The van der Waals surface area contributed by atoms with E-state index in [9.17, 15) is 22.8 Å². The number of methoxy groups -OCH3 is 1. The van der Waals surface area contributed by atoms with Crippen LogP contribution in [-0.4, -0.2) is 59.9 Å². The summed E-state index contributed by atoms with van der Waals surface area (Å²) in [5, 5.41) is 1.09. The molecule has 0 aliphatic carbocycles. The van der Waals surface area contributed by atoms with Gasteiger partial charge in [0.15, 0.2) is 0 Å². The molecule has 3 aromatic carbocycles. The van der Waals surface area contributed by atoms with Crippen molar-refractivity contribution >= 4 is 22.7 Å². The molecule has 0 radical (unpaired) electrons. The first-order valence-electron chi connectivity index (χ1n) is 13.0. The average Bonchev–Trinajstić information content (AvgIpc) is 3.36. The van der Waals surface area contributed by atoms with Crippen LogP contribution in [0.3, 0.4) is 0 Å². The number of para-hydroxylation sites is 1. The smallest absolute Gasteiger partial charge is 0.383 e. The number of benzene rings is 3. The summed E-state index contributed by atoms with van der Waals surface area (Å²) in [6.07, 6.45) is -1.96. The Kier molecular flexibility index (Phi) is 9.26. The molecule has 0 atom stereocenters. The first-order valence-corrected chi connectivity index (χ1v) is 13.0. The van der Waals surface area contributed by atoms with Crippen molar-refractivity contribution in [3.63, 3.8) is 0 Å². The minimum Gasteiger partial charge on any atom is -0.383 e. The Bertz CT molecular complexity index is 1430. The van der Waals surface area contributed by atoms with Gasteiger partial charge in [0.1, 0.15) is 6.54 Å². The third-order valence-electron chi connectivity index (χ3n) is 6.81. The second-order valence-electron chi connectivity index (χ2n) is 9.71. The van der Waals surface area contributed by atoms with Crippen molar-refractivity contribution in [1.82, 2.24) is 14.8 Å². The largest absolute Gasteiger partial charge is 0.416 e. The number of aromatic nitrogens is 1. The Morgan fingerprint density at radius 1 is 0.900 bits per heavy atom. The molecule has 4 aromatic rings. The van der Waals surface area contributed by atoms with E-state index >= 15 is 0 Å². The molecule has 1 heterocycles. The third kappa shape index (κ3) is 7.30. The molecule has 1 aromatic heterocycles.